The maximum absolute atomic E-state index is 12.7. The molecular formula is C15H14F2N6. The van der Waals surface area contributed by atoms with E-state index in [0.717, 1.165) is 18.8 Å². The summed E-state index contributed by atoms with van der Waals surface area (Å²) in [5, 5.41) is 8.76. The van der Waals surface area contributed by atoms with Gasteiger partial charge in [-0.1, -0.05) is 0 Å². The zero-order chi connectivity index (χ0) is 16.2. The summed E-state index contributed by atoms with van der Waals surface area (Å²) in [6.45, 7) is 2.78. The summed E-state index contributed by atoms with van der Waals surface area (Å²) in [6, 6.07) is 6.87. The lowest BCUT2D eigenvalue weighted by atomic mass is 10.2. The van der Waals surface area contributed by atoms with E-state index in [9.17, 15) is 8.78 Å². The molecule has 0 aliphatic carbocycles. The average Bonchev–Trinajstić information content (AvgIpc) is 2.62. The number of aromatic nitrogens is 3. The minimum atomic E-state index is -2.59. The fourth-order valence-corrected chi connectivity index (χ4v) is 2.49. The molecule has 0 aromatic carbocycles. The highest BCUT2D eigenvalue weighted by molar-refractivity contribution is 5.49. The maximum atomic E-state index is 12.7. The van der Waals surface area contributed by atoms with Crippen LogP contribution in [0.5, 0.6) is 0 Å². The van der Waals surface area contributed by atoms with Crippen molar-refractivity contribution in [3.63, 3.8) is 0 Å². The van der Waals surface area contributed by atoms with Gasteiger partial charge in [-0.05, 0) is 12.1 Å². The zero-order valence-electron chi connectivity index (χ0n) is 12.2. The van der Waals surface area contributed by atoms with Crippen LogP contribution in [0.2, 0.25) is 0 Å². The summed E-state index contributed by atoms with van der Waals surface area (Å²) >= 11 is 0. The molecule has 3 rings (SSSR count). The molecule has 3 heterocycles. The van der Waals surface area contributed by atoms with E-state index in [4.69, 9.17) is 5.26 Å². The Balaban J connectivity index is 1.66. The number of alkyl halides is 2. The number of nitriles is 1. The molecule has 0 bridgehead atoms. The second kappa shape index (κ2) is 6.52. The van der Waals surface area contributed by atoms with Crippen LogP contribution in [0.25, 0.3) is 0 Å². The second-order valence-corrected chi connectivity index (χ2v) is 5.09. The Morgan fingerprint density at radius 1 is 1.04 bits per heavy atom. The molecule has 0 N–H and O–H groups in total. The summed E-state index contributed by atoms with van der Waals surface area (Å²) in [6.07, 6.45) is 0.254. The van der Waals surface area contributed by atoms with Gasteiger partial charge in [0.25, 0.3) is 6.43 Å². The predicted molar refractivity (Wildman–Crippen MR) is 80.4 cm³/mol. The van der Waals surface area contributed by atoms with Crippen LogP contribution < -0.4 is 9.80 Å². The summed E-state index contributed by atoms with van der Waals surface area (Å²) in [5.74, 6) is 0.521. The molecular weight excluding hydrogens is 302 g/mol. The molecule has 0 atom stereocenters. The zero-order valence-corrected chi connectivity index (χ0v) is 12.2. The lowest BCUT2D eigenvalue weighted by Crippen LogP contribution is -2.46. The standard InChI is InChI=1S/C15H14F2N6/c16-15(17)13-7-14(21-10-20-13)23-5-3-22(4-6-23)12-2-1-11(8-18)19-9-12/h1-2,7,9-10,15H,3-6H2. The highest BCUT2D eigenvalue weighted by Crippen LogP contribution is 2.22. The molecule has 1 aliphatic rings. The van der Waals surface area contributed by atoms with Gasteiger partial charge in [0, 0.05) is 32.2 Å². The summed E-state index contributed by atoms with van der Waals surface area (Å²) in [5.41, 5.74) is 1.07. The number of piperazine rings is 1. The lowest BCUT2D eigenvalue weighted by molar-refractivity contribution is 0.146. The first-order valence-corrected chi connectivity index (χ1v) is 7.13. The third kappa shape index (κ3) is 3.34. The Labute approximate surface area is 132 Å². The van der Waals surface area contributed by atoms with Gasteiger partial charge in [0.1, 0.15) is 29.6 Å². The molecule has 0 radical (unpaired) electrons. The van der Waals surface area contributed by atoms with Gasteiger partial charge in [-0.3, -0.25) is 0 Å². The monoisotopic (exact) mass is 316 g/mol. The van der Waals surface area contributed by atoms with E-state index in [1.807, 2.05) is 17.0 Å². The third-order valence-corrected chi connectivity index (χ3v) is 3.73. The largest absolute Gasteiger partial charge is 0.367 e. The smallest absolute Gasteiger partial charge is 0.280 e. The van der Waals surface area contributed by atoms with E-state index < -0.39 is 6.43 Å². The van der Waals surface area contributed by atoms with E-state index in [1.165, 1.54) is 12.4 Å². The number of hydrogen-bond donors (Lipinski definition) is 0. The van der Waals surface area contributed by atoms with Gasteiger partial charge in [0.05, 0.1) is 11.9 Å². The fraction of sp³-hybridized carbons (Fsp3) is 0.333. The molecule has 1 aliphatic heterocycles. The van der Waals surface area contributed by atoms with Gasteiger partial charge < -0.3 is 9.80 Å². The van der Waals surface area contributed by atoms with Crippen LogP contribution in [0, 0.1) is 11.3 Å². The average molecular weight is 316 g/mol. The summed E-state index contributed by atoms with van der Waals surface area (Å²) in [7, 11) is 0. The number of nitrogens with zero attached hydrogens (tertiary/aromatic N) is 6. The fourth-order valence-electron chi connectivity index (χ4n) is 2.49. The van der Waals surface area contributed by atoms with E-state index >= 15 is 0 Å². The summed E-state index contributed by atoms with van der Waals surface area (Å²) in [4.78, 5) is 15.8. The number of pyridine rings is 1. The first-order chi connectivity index (χ1) is 11.2. The predicted octanol–water partition coefficient (Wildman–Crippen LogP) is 2.01. The first-order valence-electron chi connectivity index (χ1n) is 7.13. The van der Waals surface area contributed by atoms with Crippen LogP contribution in [0.4, 0.5) is 20.3 Å². The molecule has 1 saturated heterocycles. The van der Waals surface area contributed by atoms with Crippen molar-refractivity contribution in [2.75, 3.05) is 36.0 Å². The number of halogens is 2. The van der Waals surface area contributed by atoms with E-state index in [1.54, 1.807) is 12.3 Å². The molecule has 1 fully saturated rings. The van der Waals surface area contributed by atoms with Gasteiger partial charge in [-0.2, -0.15) is 5.26 Å². The Morgan fingerprint density at radius 2 is 1.78 bits per heavy atom. The van der Waals surface area contributed by atoms with Crippen LogP contribution in [0.1, 0.15) is 17.8 Å². The van der Waals surface area contributed by atoms with Gasteiger partial charge in [0.2, 0.25) is 0 Å². The van der Waals surface area contributed by atoms with Crippen LogP contribution in [-0.2, 0) is 0 Å². The molecule has 6 nitrogen and oxygen atoms in total. The quantitative estimate of drug-likeness (QED) is 0.863. The maximum Gasteiger partial charge on any atom is 0.280 e. The van der Waals surface area contributed by atoms with Crippen molar-refractivity contribution in [3.8, 4) is 6.07 Å². The first kappa shape index (κ1) is 15.1. The molecule has 2 aromatic heterocycles. The normalized spacial score (nSPS) is 14.9. The molecule has 0 spiro atoms. The molecule has 0 unspecified atom stereocenters. The molecule has 2 aromatic rings. The number of hydrogen-bond acceptors (Lipinski definition) is 6. The molecule has 118 valence electrons. The Bertz CT molecular complexity index is 705. The van der Waals surface area contributed by atoms with E-state index in [-0.39, 0.29) is 5.69 Å². The SMILES string of the molecule is N#Cc1ccc(N2CCN(c3cc(C(F)F)ncn3)CC2)cn1. The van der Waals surface area contributed by atoms with Crippen molar-refractivity contribution < 1.29 is 8.78 Å². The topological polar surface area (TPSA) is 68.9 Å². The van der Waals surface area contributed by atoms with Gasteiger partial charge in [-0.15, -0.1) is 0 Å². The van der Waals surface area contributed by atoms with Crippen molar-refractivity contribution >= 4 is 11.5 Å². The molecule has 0 amide bonds. The minimum Gasteiger partial charge on any atom is -0.367 e. The van der Waals surface area contributed by atoms with Crippen LogP contribution in [0.3, 0.4) is 0 Å². The number of rotatable bonds is 3. The van der Waals surface area contributed by atoms with Gasteiger partial charge in [-0.25, -0.2) is 23.7 Å². The molecule has 0 saturated carbocycles. The van der Waals surface area contributed by atoms with Crippen molar-refractivity contribution in [1.29, 1.82) is 5.26 Å². The Kier molecular flexibility index (Phi) is 4.28. The Hall–Kier alpha value is -2.82. The Morgan fingerprint density at radius 3 is 2.39 bits per heavy atom. The van der Waals surface area contributed by atoms with Crippen LogP contribution in [-0.4, -0.2) is 41.1 Å². The minimum absolute atomic E-state index is 0.256. The van der Waals surface area contributed by atoms with Crippen molar-refractivity contribution in [2.45, 2.75) is 6.43 Å². The van der Waals surface area contributed by atoms with Crippen LogP contribution in [0.15, 0.2) is 30.7 Å². The third-order valence-electron chi connectivity index (χ3n) is 3.73. The van der Waals surface area contributed by atoms with Gasteiger partial charge in [0.15, 0.2) is 0 Å². The van der Waals surface area contributed by atoms with Crippen LogP contribution >= 0.6 is 0 Å². The van der Waals surface area contributed by atoms with Crippen molar-refractivity contribution in [2.24, 2.45) is 0 Å². The molecule has 8 heteroatoms. The van der Waals surface area contributed by atoms with Crippen molar-refractivity contribution in [1.82, 2.24) is 15.0 Å². The summed E-state index contributed by atoms with van der Waals surface area (Å²) < 4.78 is 25.4. The van der Waals surface area contributed by atoms with Crippen molar-refractivity contribution in [3.05, 3.63) is 42.1 Å². The van der Waals surface area contributed by atoms with E-state index in [0.29, 0.717) is 24.6 Å². The lowest BCUT2D eigenvalue weighted by Gasteiger charge is -2.36. The highest BCUT2D eigenvalue weighted by atomic mass is 19.3. The number of anilines is 2. The second-order valence-electron chi connectivity index (χ2n) is 5.09. The van der Waals surface area contributed by atoms with Gasteiger partial charge >= 0.3 is 0 Å². The van der Waals surface area contributed by atoms with E-state index in [2.05, 4.69) is 19.9 Å². The molecule has 23 heavy (non-hydrogen) atoms. The highest BCUT2D eigenvalue weighted by Gasteiger charge is 2.20.